The summed E-state index contributed by atoms with van der Waals surface area (Å²) in [5.74, 6) is 0.818. The Kier molecular flexibility index (Phi) is 5.95. The van der Waals surface area contributed by atoms with Crippen LogP contribution in [-0.4, -0.2) is 39.2 Å². The molecule has 0 amide bonds. The number of hydrogen-bond acceptors (Lipinski definition) is 5. The van der Waals surface area contributed by atoms with Gasteiger partial charge in [0.2, 0.25) is 5.82 Å². The first-order chi connectivity index (χ1) is 14.5. The second-order valence-electron chi connectivity index (χ2n) is 8.26. The SMILES string of the molecule is CCC(C)Cc1ccc(-c2nc(-c3ccc(CN4CC(C(=O)O)C4)cc3)no2)cc1. The van der Waals surface area contributed by atoms with E-state index in [4.69, 9.17) is 9.63 Å². The zero-order valence-corrected chi connectivity index (χ0v) is 17.4. The number of hydrogen-bond donors (Lipinski definition) is 1. The van der Waals surface area contributed by atoms with Gasteiger partial charge in [-0.15, -0.1) is 0 Å². The largest absolute Gasteiger partial charge is 0.481 e. The molecule has 1 fully saturated rings. The van der Waals surface area contributed by atoms with E-state index >= 15 is 0 Å². The van der Waals surface area contributed by atoms with Crippen LogP contribution in [0.4, 0.5) is 0 Å². The fourth-order valence-corrected chi connectivity index (χ4v) is 3.66. The van der Waals surface area contributed by atoms with Gasteiger partial charge in [0.05, 0.1) is 5.92 Å². The Balaban J connectivity index is 1.38. The predicted molar refractivity (Wildman–Crippen MR) is 115 cm³/mol. The number of rotatable bonds is 8. The predicted octanol–water partition coefficient (Wildman–Crippen LogP) is 4.51. The summed E-state index contributed by atoms with van der Waals surface area (Å²) in [6.07, 6.45) is 2.25. The first-order valence-corrected chi connectivity index (χ1v) is 10.5. The normalized spacial score (nSPS) is 15.7. The van der Waals surface area contributed by atoms with Gasteiger partial charge in [0, 0.05) is 30.8 Å². The highest BCUT2D eigenvalue weighted by Gasteiger charge is 2.32. The summed E-state index contributed by atoms with van der Waals surface area (Å²) in [4.78, 5) is 17.6. The van der Waals surface area contributed by atoms with Crippen molar-refractivity contribution in [2.24, 2.45) is 11.8 Å². The molecular formula is C24H27N3O3. The molecular weight excluding hydrogens is 378 g/mol. The Bertz CT molecular complexity index is 989. The molecule has 6 nitrogen and oxygen atoms in total. The van der Waals surface area contributed by atoms with Crippen LogP contribution in [0.1, 0.15) is 31.4 Å². The van der Waals surface area contributed by atoms with Crippen molar-refractivity contribution in [1.29, 1.82) is 0 Å². The second-order valence-corrected chi connectivity index (χ2v) is 8.26. The summed E-state index contributed by atoms with van der Waals surface area (Å²) in [7, 11) is 0. The minimum atomic E-state index is -0.709. The maximum atomic E-state index is 10.9. The minimum Gasteiger partial charge on any atom is -0.481 e. The molecule has 3 aromatic rings. The fourth-order valence-electron chi connectivity index (χ4n) is 3.66. The minimum absolute atomic E-state index is 0.230. The first-order valence-electron chi connectivity index (χ1n) is 10.5. The van der Waals surface area contributed by atoms with Gasteiger partial charge in [-0.3, -0.25) is 9.69 Å². The van der Waals surface area contributed by atoms with E-state index in [2.05, 4.69) is 41.0 Å². The summed E-state index contributed by atoms with van der Waals surface area (Å²) in [5, 5.41) is 13.1. The molecule has 0 radical (unpaired) electrons. The Labute approximate surface area is 176 Å². The third-order valence-electron chi connectivity index (χ3n) is 5.83. The number of benzene rings is 2. The van der Waals surface area contributed by atoms with Gasteiger partial charge in [0.25, 0.3) is 5.89 Å². The van der Waals surface area contributed by atoms with Crippen LogP contribution in [0, 0.1) is 11.8 Å². The first kappa shape index (κ1) is 20.3. The lowest BCUT2D eigenvalue weighted by Gasteiger charge is -2.36. The Hall–Kier alpha value is -2.99. The van der Waals surface area contributed by atoms with Crippen LogP contribution in [0.15, 0.2) is 53.1 Å². The van der Waals surface area contributed by atoms with Gasteiger partial charge in [-0.1, -0.05) is 61.8 Å². The van der Waals surface area contributed by atoms with E-state index < -0.39 is 5.97 Å². The molecule has 30 heavy (non-hydrogen) atoms. The van der Waals surface area contributed by atoms with Crippen LogP contribution in [0.5, 0.6) is 0 Å². The van der Waals surface area contributed by atoms with E-state index in [1.807, 2.05) is 36.4 Å². The number of likely N-dealkylation sites (tertiary alicyclic amines) is 1. The van der Waals surface area contributed by atoms with E-state index in [0.717, 1.165) is 29.7 Å². The quantitative estimate of drug-likeness (QED) is 0.594. The molecule has 4 rings (SSSR count). The molecule has 0 saturated carbocycles. The van der Waals surface area contributed by atoms with Crippen molar-refractivity contribution >= 4 is 5.97 Å². The number of carboxylic acids is 1. The van der Waals surface area contributed by atoms with E-state index in [1.165, 1.54) is 12.0 Å². The van der Waals surface area contributed by atoms with Crippen LogP contribution in [0.3, 0.4) is 0 Å². The van der Waals surface area contributed by atoms with Crippen molar-refractivity contribution in [2.45, 2.75) is 33.2 Å². The molecule has 1 saturated heterocycles. The van der Waals surface area contributed by atoms with Crippen LogP contribution in [0.25, 0.3) is 22.8 Å². The molecule has 6 heteroatoms. The fraction of sp³-hybridized carbons (Fsp3) is 0.375. The number of aliphatic carboxylic acids is 1. The van der Waals surface area contributed by atoms with Crippen LogP contribution in [0.2, 0.25) is 0 Å². The third-order valence-corrected chi connectivity index (χ3v) is 5.83. The number of nitrogens with zero attached hydrogens (tertiary/aromatic N) is 3. The number of carboxylic acid groups (broad SMARTS) is 1. The molecule has 0 bridgehead atoms. The summed E-state index contributed by atoms with van der Waals surface area (Å²) in [5.41, 5.74) is 4.28. The molecule has 2 heterocycles. The van der Waals surface area contributed by atoms with Gasteiger partial charge in [-0.2, -0.15) is 4.98 Å². The summed E-state index contributed by atoms with van der Waals surface area (Å²) in [6, 6.07) is 16.4. The number of carbonyl (C=O) groups is 1. The lowest BCUT2D eigenvalue weighted by Crippen LogP contribution is -2.49. The molecule has 2 aromatic carbocycles. The summed E-state index contributed by atoms with van der Waals surface area (Å²) < 4.78 is 5.48. The van der Waals surface area contributed by atoms with Crippen molar-refractivity contribution in [2.75, 3.05) is 13.1 Å². The maximum absolute atomic E-state index is 10.9. The topological polar surface area (TPSA) is 79.5 Å². The lowest BCUT2D eigenvalue weighted by atomic mass is 9.98. The van der Waals surface area contributed by atoms with Crippen molar-refractivity contribution in [1.82, 2.24) is 15.0 Å². The number of aromatic nitrogens is 2. The molecule has 1 atom stereocenters. The van der Waals surface area contributed by atoms with Crippen LogP contribution in [-0.2, 0) is 17.8 Å². The van der Waals surface area contributed by atoms with E-state index in [1.54, 1.807) is 0 Å². The van der Waals surface area contributed by atoms with Crippen molar-refractivity contribution in [3.63, 3.8) is 0 Å². The van der Waals surface area contributed by atoms with E-state index in [9.17, 15) is 4.79 Å². The Morgan fingerprint density at radius 2 is 1.73 bits per heavy atom. The molecule has 0 aliphatic carbocycles. The Morgan fingerprint density at radius 1 is 1.10 bits per heavy atom. The smallest absolute Gasteiger partial charge is 0.309 e. The van der Waals surface area contributed by atoms with Gasteiger partial charge in [0.15, 0.2) is 0 Å². The zero-order chi connectivity index (χ0) is 21.1. The van der Waals surface area contributed by atoms with Gasteiger partial charge < -0.3 is 9.63 Å². The highest BCUT2D eigenvalue weighted by Crippen LogP contribution is 2.25. The molecule has 156 valence electrons. The van der Waals surface area contributed by atoms with E-state index in [-0.39, 0.29) is 5.92 Å². The van der Waals surface area contributed by atoms with Crippen LogP contribution < -0.4 is 0 Å². The molecule has 1 aliphatic rings. The maximum Gasteiger partial charge on any atom is 0.309 e. The monoisotopic (exact) mass is 405 g/mol. The molecule has 1 unspecified atom stereocenters. The lowest BCUT2D eigenvalue weighted by molar-refractivity contribution is -0.147. The molecule has 0 spiro atoms. The standard InChI is InChI=1S/C24H27N3O3/c1-3-16(2)12-17-4-10-20(11-5-17)23-25-22(26-30-23)19-8-6-18(7-9-19)13-27-14-21(15-27)24(28)29/h4-11,16,21H,3,12-15H2,1-2H3,(H,28,29). The van der Waals surface area contributed by atoms with Gasteiger partial charge in [-0.25, -0.2) is 0 Å². The molecule has 1 aliphatic heterocycles. The van der Waals surface area contributed by atoms with Crippen molar-refractivity contribution in [3.8, 4) is 22.8 Å². The highest BCUT2D eigenvalue weighted by atomic mass is 16.5. The van der Waals surface area contributed by atoms with Crippen molar-refractivity contribution < 1.29 is 14.4 Å². The Morgan fingerprint density at radius 3 is 2.37 bits per heavy atom. The van der Waals surface area contributed by atoms with Gasteiger partial charge >= 0.3 is 5.97 Å². The van der Waals surface area contributed by atoms with E-state index in [0.29, 0.717) is 30.7 Å². The van der Waals surface area contributed by atoms with Gasteiger partial charge in [-0.05, 0) is 35.6 Å². The summed E-state index contributed by atoms with van der Waals surface area (Å²) in [6.45, 7) is 6.46. The third kappa shape index (κ3) is 4.60. The molecule has 1 aromatic heterocycles. The van der Waals surface area contributed by atoms with Crippen LogP contribution >= 0.6 is 0 Å². The average molecular weight is 405 g/mol. The second kappa shape index (κ2) is 8.79. The average Bonchev–Trinajstić information content (AvgIpc) is 3.21. The van der Waals surface area contributed by atoms with Crippen molar-refractivity contribution in [3.05, 3.63) is 59.7 Å². The highest BCUT2D eigenvalue weighted by molar-refractivity contribution is 5.71. The molecule has 1 N–H and O–H groups in total. The zero-order valence-electron chi connectivity index (χ0n) is 17.4. The summed E-state index contributed by atoms with van der Waals surface area (Å²) >= 11 is 0. The van der Waals surface area contributed by atoms with Gasteiger partial charge in [0.1, 0.15) is 0 Å².